The van der Waals surface area contributed by atoms with Gasteiger partial charge >= 0.3 is 0 Å². The molecule has 2 aliphatic rings. The number of hydrogen-bond acceptors (Lipinski definition) is 12. The van der Waals surface area contributed by atoms with Gasteiger partial charge < -0.3 is 29.3 Å². The van der Waals surface area contributed by atoms with Gasteiger partial charge in [-0.15, -0.1) is 0 Å². The number of oxazole rings is 2. The molecule has 2 saturated heterocycles. The van der Waals surface area contributed by atoms with Crippen LogP contribution in [0.5, 0.6) is 0 Å². The minimum atomic E-state index is -0.102. The number of nitrogens with one attached hydrogen (secondary N) is 2. The molecule has 290 valence electrons. The van der Waals surface area contributed by atoms with E-state index in [4.69, 9.17) is 18.8 Å². The number of hydrogen-bond donors (Lipinski definition) is 2. The van der Waals surface area contributed by atoms with Crippen LogP contribution in [0.2, 0.25) is 0 Å². The van der Waals surface area contributed by atoms with E-state index >= 15 is 0 Å². The topological polar surface area (TPSA) is 151 Å². The molecule has 8 aromatic rings. The van der Waals surface area contributed by atoms with Crippen molar-refractivity contribution < 1.29 is 8.83 Å². The van der Waals surface area contributed by atoms with Gasteiger partial charge in [-0.05, 0) is 75.3 Å². The molecule has 0 unspecified atom stereocenters. The molecule has 0 amide bonds. The molecular formula is C43H44N10O4. The first-order chi connectivity index (χ1) is 27.5. The van der Waals surface area contributed by atoms with Crippen LogP contribution >= 0.6 is 0 Å². The van der Waals surface area contributed by atoms with Crippen molar-refractivity contribution in [2.75, 3.05) is 55.6 Å². The van der Waals surface area contributed by atoms with E-state index in [1.54, 1.807) is 20.9 Å². The molecule has 2 fully saturated rings. The van der Waals surface area contributed by atoms with Gasteiger partial charge in [-0.3, -0.25) is 18.4 Å². The SMILES string of the molecule is Cc1nc2ccc(-c3cc(=O)n4cc(N5CCCNCC5)ccc4n3)cc2o1.Cc1nc2ccc(-c3cc(=O)n4cc(N5CCNC(C)(C)C5)ccc4n3)cc2o1. The van der Waals surface area contributed by atoms with E-state index in [0.717, 1.165) is 85.8 Å². The van der Waals surface area contributed by atoms with Crippen LogP contribution in [0.3, 0.4) is 0 Å². The van der Waals surface area contributed by atoms with Gasteiger partial charge in [-0.25, -0.2) is 19.9 Å². The standard InChI is InChI=1S/C22H23N5O2.C21H21N5O2/c1-14-24-17-6-4-15(10-19(17)29-14)18-11-21(28)27-12-16(5-7-20(27)25-18)26-9-8-23-22(2,3)13-26;1-14-23-17-5-3-15(11-19(17)28-14)18-12-21(27)26-13-16(4-6-20(26)24-18)25-9-2-7-22-8-10-25/h4-7,10-12,23H,8-9,13H2,1-3H3;3-6,11-13,22H,2,7-10H2,1H3. The van der Waals surface area contributed by atoms with Crippen molar-refractivity contribution in [1.29, 1.82) is 0 Å². The van der Waals surface area contributed by atoms with Crippen molar-refractivity contribution >= 4 is 44.9 Å². The number of rotatable bonds is 4. The third-order valence-electron chi connectivity index (χ3n) is 10.5. The van der Waals surface area contributed by atoms with E-state index in [0.29, 0.717) is 45.6 Å². The van der Waals surface area contributed by atoms with Crippen LogP contribution in [0, 0.1) is 13.8 Å². The Balaban J connectivity index is 0.000000148. The van der Waals surface area contributed by atoms with Crippen LogP contribution in [-0.2, 0) is 0 Å². The highest BCUT2D eigenvalue weighted by atomic mass is 16.3. The van der Waals surface area contributed by atoms with Crippen molar-refractivity contribution in [2.45, 2.75) is 39.7 Å². The van der Waals surface area contributed by atoms with Crippen LogP contribution in [0.4, 0.5) is 11.4 Å². The molecule has 0 radical (unpaired) electrons. The van der Waals surface area contributed by atoms with E-state index in [1.807, 2.05) is 86.9 Å². The first-order valence-electron chi connectivity index (χ1n) is 19.3. The Bertz CT molecular complexity index is 2900. The smallest absolute Gasteiger partial charge is 0.258 e. The molecule has 0 spiro atoms. The zero-order valence-electron chi connectivity index (χ0n) is 32.5. The van der Waals surface area contributed by atoms with Gasteiger partial charge in [-0.2, -0.15) is 0 Å². The van der Waals surface area contributed by atoms with Crippen molar-refractivity contribution in [3.63, 3.8) is 0 Å². The van der Waals surface area contributed by atoms with Gasteiger partial charge in [0.1, 0.15) is 22.3 Å². The third-order valence-corrected chi connectivity index (χ3v) is 10.5. The van der Waals surface area contributed by atoms with Crippen LogP contribution in [0.1, 0.15) is 32.0 Å². The Morgan fingerprint density at radius 2 is 1.16 bits per heavy atom. The number of piperazine rings is 1. The summed E-state index contributed by atoms with van der Waals surface area (Å²) in [4.78, 5) is 48.3. The largest absolute Gasteiger partial charge is 0.441 e. The van der Waals surface area contributed by atoms with Crippen molar-refractivity contribution in [3.8, 4) is 22.5 Å². The van der Waals surface area contributed by atoms with E-state index in [2.05, 4.69) is 44.2 Å². The number of anilines is 2. The highest BCUT2D eigenvalue weighted by molar-refractivity contribution is 5.80. The monoisotopic (exact) mass is 764 g/mol. The second-order valence-corrected chi connectivity index (χ2v) is 15.3. The highest BCUT2D eigenvalue weighted by Gasteiger charge is 2.26. The lowest BCUT2D eigenvalue weighted by Crippen LogP contribution is -2.57. The second-order valence-electron chi connectivity index (χ2n) is 15.3. The Kier molecular flexibility index (Phi) is 9.29. The summed E-state index contributed by atoms with van der Waals surface area (Å²) in [6, 6.07) is 22.4. The number of fused-ring (bicyclic) bond motifs is 4. The summed E-state index contributed by atoms with van der Waals surface area (Å²) in [5.74, 6) is 1.24. The van der Waals surface area contributed by atoms with Crippen molar-refractivity contribution in [3.05, 3.63) is 118 Å². The summed E-state index contributed by atoms with van der Waals surface area (Å²) >= 11 is 0. The van der Waals surface area contributed by atoms with E-state index in [-0.39, 0.29) is 16.7 Å². The van der Waals surface area contributed by atoms with Gasteiger partial charge in [0.2, 0.25) is 0 Å². The van der Waals surface area contributed by atoms with Crippen LogP contribution in [0.15, 0.2) is 104 Å². The summed E-state index contributed by atoms with van der Waals surface area (Å²) in [7, 11) is 0. The predicted molar refractivity (Wildman–Crippen MR) is 222 cm³/mol. The van der Waals surface area contributed by atoms with Crippen molar-refractivity contribution in [2.24, 2.45) is 0 Å². The Morgan fingerprint density at radius 3 is 1.72 bits per heavy atom. The molecule has 14 heteroatoms. The number of aryl methyl sites for hydroxylation is 2. The minimum Gasteiger partial charge on any atom is -0.441 e. The third kappa shape index (κ3) is 7.48. The summed E-state index contributed by atoms with van der Waals surface area (Å²) in [6.45, 7) is 14.6. The van der Waals surface area contributed by atoms with Crippen molar-refractivity contribution in [1.82, 2.24) is 39.4 Å². The molecule has 2 aromatic carbocycles. The molecule has 2 aliphatic heterocycles. The van der Waals surface area contributed by atoms with Gasteiger partial charge in [0.05, 0.1) is 22.8 Å². The van der Waals surface area contributed by atoms with Crippen LogP contribution < -0.4 is 31.6 Å². The zero-order valence-corrected chi connectivity index (χ0v) is 32.5. The maximum absolute atomic E-state index is 12.9. The highest BCUT2D eigenvalue weighted by Crippen LogP contribution is 2.26. The lowest BCUT2D eigenvalue weighted by atomic mass is 10.0. The Morgan fingerprint density at radius 1 is 0.614 bits per heavy atom. The maximum Gasteiger partial charge on any atom is 0.258 e. The summed E-state index contributed by atoms with van der Waals surface area (Å²) in [6.07, 6.45) is 4.87. The number of aromatic nitrogens is 6. The number of benzene rings is 2. The Hall–Kier alpha value is -6.38. The lowest BCUT2D eigenvalue weighted by Gasteiger charge is -2.40. The van der Waals surface area contributed by atoms with Crippen LogP contribution in [0.25, 0.3) is 56.0 Å². The number of nitrogens with zero attached hydrogens (tertiary/aromatic N) is 8. The van der Waals surface area contributed by atoms with Crippen LogP contribution in [-0.4, -0.2) is 80.1 Å². The molecule has 8 heterocycles. The van der Waals surface area contributed by atoms with E-state index in [9.17, 15) is 9.59 Å². The second kappa shape index (κ2) is 14.6. The fourth-order valence-electron chi connectivity index (χ4n) is 7.72. The predicted octanol–water partition coefficient (Wildman–Crippen LogP) is 5.61. The van der Waals surface area contributed by atoms with Gasteiger partial charge in [0.25, 0.3) is 11.1 Å². The van der Waals surface area contributed by atoms with E-state index < -0.39 is 0 Å². The molecule has 14 nitrogen and oxygen atoms in total. The minimum absolute atomic E-state index is 0.0397. The molecule has 0 aliphatic carbocycles. The first kappa shape index (κ1) is 36.3. The molecule has 2 N–H and O–H groups in total. The molecule has 0 atom stereocenters. The molecule has 57 heavy (non-hydrogen) atoms. The molecule has 6 aromatic heterocycles. The quantitative estimate of drug-likeness (QED) is 0.229. The average Bonchev–Trinajstić information content (AvgIpc) is 3.64. The fraction of sp³-hybridized carbons (Fsp3) is 0.302. The summed E-state index contributed by atoms with van der Waals surface area (Å²) in [5, 5.41) is 6.91. The Labute approximate surface area is 327 Å². The molecule has 0 bridgehead atoms. The average molecular weight is 765 g/mol. The molecular weight excluding hydrogens is 721 g/mol. The zero-order chi connectivity index (χ0) is 39.3. The molecule has 10 rings (SSSR count). The lowest BCUT2D eigenvalue weighted by molar-refractivity contribution is 0.353. The normalized spacial score (nSPS) is 15.9. The first-order valence-corrected chi connectivity index (χ1v) is 19.3. The summed E-state index contributed by atoms with van der Waals surface area (Å²) in [5.41, 5.74) is 9.10. The van der Waals surface area contributed by atoms with E-state index in [1.165, 1.54) is 0 Å². The molecule has 0 saturated carbocycles. The van der Waals surface area contributed by atoms with Gasteiger partial charge in [-0.1, -0.05) is 12.1 Å². The maximum atomic E-state index is 12.9. The van der Waals surface area contributed by atoms with Gasteiger partial charge in [0.15, 0.2) is 22.9 Å². The number of pyridine rings is 2. The fourth-order valence-corrected chi connectivity index (χ4v) is 7.72. The van der Waals surface area contributed by atoms with Gasteiger partial charge in [0, 0.05) is 94.3 Å². The summed E-state index contributed by atoms with van der Waals surface area (Å²) < 4.78 is 14.5.